The molecule has 0 fully saturated rings. The summed E-state index contributed by atoms with van der Waals surface area (Å²) in [6.07, 6.45) is 0. The molecule has 0 aliphatic heterocycles. The highest BCUT2D eigenvalue weighted by Crippen LogP contribution is 2.22. The van der Waals surface area contributed by atoms with E-state index in [0.717, 1.165) is 5.69 Å². The standard InChI is InChI=1S/C23H21N5O2S/c1-16-22(27-28(26-16)19-11-3-2-4-12-19)23(30)25-24-21(29)15-31-14-18-10-7-9-17-8-5-6-13-20(17)18/h2-13H,14-15H2,1H3,(H,24,29)(H,25,30). The number of nitrogens with one attached hydrogen (secondary N) is 2. The van der Waals surface area contributed by atoms with Gasteiger partial charge in [0.25, 0.3) is 5.91 Å². The van der Waals surface area contributed by atoms with E-state index >= 15 is 0 Å². The van der Waals surface area contributed by atoms with E-state index in [1.54, 1.807) is 6.92 Å². The zero-order chi connectivity index (χ0) is 21.6. The number of thioether (sulfide) groups is 1. The minimum atomic E-state index is -0.507. The highest BCUT2D eigenvalue weighted by atomic mass is 32.2. The molecule has 3 aromatic carbocycles. The van der Waals surface area contributed by atoms with Crippen LogP contribution in [0.5, 0.6) is 0 Å². The van der Waals surface area contributed by atoms with Gasteiger partial charge in [0.1, 0.15) is 0 Å². The maximum atomic E-state index is 12.4. The summed E-state index contributed by atoms with van der Waals surface area (Å²) in [7, 11) is 0. The molecule has 4 aromatic rings. The fourth-order valence-corrected chi connectivity index (χ4v) is 3.99. The van der Waals surface area contributed by atoms with Crippen molar-refractivity contribution in [2.75, 3.05) is 5.75 Å². The third-order valence-corrected chi connectivity index (χ3v) is 5.65. The molecule has 156 valence electrons. The van der Waals surface area contributed by atoms with Gasteiger partial charge in [-0.25, -0.2) is 0 Å². The number of hydrogen-bond acceptors (Lipinski definition) is 5. The van der Waals surface area contributed by atoms with Crippen LogP contribution in [0.4, 0.5) is 0 Å². The topological polar surface area (TPSA) is 88.9 Å². The molecule has 2 amide bonds. The van der Waals surface area contributed by atoms with E-state index in [0.29, 0.717) is 11.4 Å². The van der Waals surface area contributed by atoms with Crippen LogP contribution in [0.25, 0.3) is 16.5 Å². The van der Waals surface area contributed by atoms with Crippen molar-refractivity contribution >= 4 is 34.3 Å². The number of benzene rings is 3. The van der Waals surface area contributed by atoms with Crippen LogP contribution in [0.3, 0.4) is 0 Å². The summed E-state index contributed by atoms with van der Waals surface area (Å²) in [5.41, 5.74) is 7.41. The molecule has 0 aliphatic rings. The summed E-state index contributed by atoms with van der Waals surface area (Å²) in [4.78, 5) is 26.0. The first-order valence-corrected chi connectivity index (χ1v) is 10.9. The molecule has 0 atom stereocenters. The van der Waals surface area contributed by atoms with Gasteiger partial charge in [-0.2, -0.15) is 9.90 Å². The highest BCUT2D eigenvalue weighted by molar-refractivity contribution is 7.99. The Kier molecular flexibility index (Phi) is 6.28. The van der Waals surface area contributed by atoms with Crippen LogP contribution in [0, 0.1) is 6.92 Å². The largest absolute Gasteiger partial charge is 0.292 e. The lowest BCUT2D eigenvalue weighted by Crippen LogP contribution is -2.43. The van der Waals surface area contributed by atoms with Gasteiger partial charge in [0.15, 0.2) is 5.69 Å². The molecule has 4 rings (SSSR count). The molecule has 0 unspecified atom stereocenters. The van der Waals surface area contributed by atoms with Gasteiger partial charge in [0, 0.05) is 5.75 Å². The number of hydrazine groups is 1. The van der Waals surface area contributed by atoms with E-state index in [1.807, 2.05) is 48.5 Å². The van der Waals surface area contributed by atoms with Crippen LogP contribution >= 0.6 is 11.8 Å². The zero-order valence-corrected chi connectivity index (χ0v) is 17.7. The lowest BCUT2D eigenvalue weighted by atomic mass is 10.1. The minimum absolute atomic E-state index is 0.160. The number of rotatable bonds is 6. The Hall–Kier alpha value is -3.65. The summed E-state index contributed by atoms with van der Waals surface area (Å²) < 4.78 is 0. The zero-order valence-electron chi connectivity index (χ0n) is 16.9. The number of nitrogens with zero attached hydrogens (tertiary/aromatic N) is 3. The molecule has 2 N–H and O–H groups in total. The predicted octanol–water partition coefficient (Wildman–Crippen LogP) is 3.42. The van der Waals surface area contributed by atoms with Crippen LogP contribution in [0.2, 0.25) is 0 Å². The number of para-hydroxylation sites is 1. The molecule has 8 heteroatoms. The summed E-state index contributed by atoms with van der Waals surface area (Å²) in [6.45, 7) is 1.70. The predicted molar refractivity (Wildman–Crippen MR) is 122 cm³/mol. The number of amides is 2. The van der Waals surface area contributed by atoms with Gasteiger partial charge in [-0.3, -0.25) is 20.4 Å². The number of hydrogen-bond donors (Lipinski definition) is 2. The quantitative estimate of drug-likeness (QED) is 0.457. The first kappa shape index (κ1) is 20.6. The SMILES string of the molecule is Cc1nn(-c2ccccc2)nc1C(=O)NNC(=O)CSCc1cccc2ccccc12. The van der Waals surface area contributed by atoms with Gasteiger partial charge in [0.2, 0.25) is 5.91 Å². The molecule has 0 spiro atoms. The number of carbonyl (C=O) groups is 2. The number of aryl methyl sites for hydroxylation is 1. The summed E-state index contributed by atoms with van der Waals surface area (Å²) >= 11 is 1.49. The van der Waals surface area contributed by atoms with E-state index in [2.05, 4.69) is 45.3 Å². The van der Waals surface area contributed by atoms with Crippen molar-refractivity contribution in [3.8, 4) is 5.69 Å². The van der Waals surface area contributed by atoms with Crippen LogP contribution in [0.15, 0.2) is 72.8 Å². The fraction of sp³-hybridized carbons (Fsp3) is 0.130. The van der Waals surface area contributed by atoms with Crippen LogP contribution in [0.1, 0.15) is 21.7 Å². The third-order valence-electron chi connectivity index (χ3n) is 4.67. The van der Waals surface area contributed by atoms with Gasteiger partial charge < -0.3 is 0 Å². The molecule has 0 saturated heterocycles. The van der Waals surface area contributed by atoms with Gasteiger partial charge in [-0.1, -0.05) is 60.7 Å². The Labute approximate surface area is 183 Å². The van der Waals surface area contributed by atoms with Crippen molar-refractivity contribution in [3.05, 3.63) is 89.7 Å². The highest BCUT2D eigenvalue weighted by Gasteiger charge is 2.17. The molecule has 1 heterocycles. The Morgan fingerprint density at radius 3 is 2.48 bits per heavy atom. The average molecular weight is 432 g/mol. The summed E-state index contributed by atoms with van der Waals surface area (Å²) in [5.74, 6) is 0.130. The minimum Gasteiger partial charge on any atom is -0.272 e. The normalized spacial score (nSPS) is 10.7. The maximum Gasteiger partial charge on any atom is 0.292 e. The van der Waals surface area contributed by atoms with E-state index in [-0.39, 0.29) is 17.4 Å². The van der Waals surface area contributed by atoms with Crippen molar-refractivity contribution in [1.29, 1.82) is 0 Å². The second-order valence-electron chi connectivity index (χ2n) is 6.89. The first-order chi connectivity index (χ1) is 15.1. The Morgan fingerprint density at radius 2 is 1.65 bits per heavy atom. The average Bonchev–Trinajstić information content (AvgIpc) is 3.20. The molecule has 31 heavy (non-hydrogen) atoms. The fourth-order valence-electron chi connectivity index (χ4n) is 3.16. The molecule has 1 aromatic heterocycles. The maximum absolute atomic E-state index is 12.4. The Morgan fingerprint density at radius 1 is 0.903 bits per heavy atom. The molecular weight excluding hydrogens is 410 g/mol. The van der Waals surface area contributed by atoms with E-state index < -0.39 is 5.91 Å². The monoisotopic (exact) mass is 431 g/mol. The molecule has 0 bridgehead atoms. The van der Waals surface area contributed by atoms with Crippen molar-refractivity contribution < 1.29 is 9.59 Å². The van der Waals surface area contributed by atoms with E-state index in [1.165, 1.54) is 32.9 Å². The van der Waals surface area contributed by atoms with Crippen molar-refractivity contribution in [1.82, 2.24) is 25.8 Å². The van der Waals surface area contributed by atoms with E-state index in [9.17, 15) is 9.59 Å². The van der Waals surface area contributed by atoms with Crippen molar-refractivity contribution in [2.24, 2.45) is 0 Å². The molecule has 7 nitrogen and oxygen atoms in total. The van der Waals surface area contributed by atoms with Gasteiger partial charge in [0.05, 0.1) is 17.1 Å². The van der Waals surface area contributed by atoms with Gasteiger partial charge in [-0.05, 0) is 35.4 Å². The third kappa shape index (κ3) is 4.92. The second kappa shape index (κ2) is 9.44. The van der Waals surface area contributed by atoms with Crippen molar-refractivity contribution in [2.45, 2.75) is 12.7 Å². The number of aromatic nitrogens is 3. The molecule has 0 radical (unpaired) electrons. The lowest BCUT2D eigenvalue weighted by Gasteiger charge is -2.08. The van der Waals surface area contributed by atoms with E-state index in [4.69, 9.17) is 0 Å². The lowest BCUT2D eigenvalue weighted by molar-refractivity contribution is -0.119. The Bertz CT molecular complexity index is 1220. The molecular formula is C23H21N5O2S. The van der Waals surface area contributed by atoms with Crippen LogP contribution in [-0.4, -0.2) is 32.6 Å². The molecule has 0 saturated carbocycles. The van der Waals surface area contributed by atoms with Crippen LogP contribution in [-0.2, 0) is 10.5 Å². The van der Waals surface area contributed by atoms with Crippen LogP contribution < -0.4 is 10.9 Å². The number of fused-ring (bicyclic) bond motifs is 1. The second-order valence-corrected chi connectivity index (χ2v) is 7.88. The smallest absolute Gasteiger partial charge is 0.272 e. The number of carbonyl (C=O) groups excluding carboxylic acids is 2. The summed E-state index contributed by atoms with van der Waals surface area (Å²) in [5, 5.41) is 10.9. The van der Waals surface area contributed by atoms with Crippen molar-refractivity contribution in [3.63, 3.8) is 0 Å². The van der Waals surface area contributed by atoms with Gasteiger partial charge in [-0.15, -0.1) is 16.9 Å². The Balaban J connectivity index is 1.29. The summed E-state index contributed by atoms with van der Waals surface area (Å²) in [6, 6.07) is 23.6. The molecule has 0 aliphatic carbocycles. The first-order valence-electron chi connectivity index (χ1n) is 9.75. The van der Waals surface area contributed by atoms with Gasteiger partial charge >= 0.3 is 0 Å².